The zero-order valence-electron chi connectivity index (χ0n) is 17.1. The first kappa shape index (κ1) is 20.1. The summed E-state index contributed by atoms with van der Waals surface area (Å²) in [6.45, 7) is 0.457. The van der Waals surface area contributed by atoms with Gasteiger partial charge in [0.1, 0.15) is 13.2 Å². The van der Waals surface area contributed by atoms with Crippen molar-refractivity contribution in [3.63, 3.8) is 0 Å². The van der Waals surface area contributed by atoms with Gasteiger partial charge in [-0.15, -0.1) is 0 Å². The summed E-state index contributed by atoms with van der Waals surface area (Å²) in [5.74, 6) is -2.10. The first-order valence-electron chi connectivity index (χ1n) is 10.3. The van der Waals surface area contributed by atoms with E-state index in [1.807, 2.05) is 36.4 Å². The van der Waals surface area contributed by atoms with E-state index >= 15 is 0 Å². The minimum atomic E-state index is -1.25. The zero-order chi connectivity index (χ0) is 22.2. The van der Waals surface area contributed by atoms with E-state index in [1.54, 1.807) is 0 Å². The molecule has 0 bridgehead atoms. The Morgan fingerprint density at radius 3 is 2.38 bits per heavy atom. The number of carbonyl (C=O) groups excluding carboxylic acids is 1. The number of amides is 1. The number of carboxylic acids is 1. The monoisotopic (exact) mass is 433 g/mol. The van der Waals surface area contributed by atoms with Crippen LogP contribution in [0.3, 0.4) is 0 Å². The fourth-order valence-electron chi connectivity index (χ4n) is 4.44. The Hall–Kier alpha value is -3.87. The number of carboxylic acid groups (broad SMARTS) is 1. The third-order valence-corrected chi connectivity index (χ3v) is 5.93. The van der Waals surface area contributed by atoms with Gasteiger partial charge in [0.25, 0.3) is 0 Å². The average molecular weight is 433 g/mol. The molecule has 1 aliphatic heterocycles. The van der Waals surface area contributed by atoms with Crippen LogP contribution in [0.15, 0.2) is 60.7 Å². The van der Waals surface area contributed by atoms with Gasteiger partial charge in [-0.05, 0) is 34.4 Å². The molecule has 32 heavy (non-hydrogen) atoms. The zero-order valence-corrected chi connectivity index (χ0v) is 17.1. The molecule has 1 aliphatic carbocycles. The molecule has 0 fully saturated rings. The fourth-order valence-corrected chi connectivity index (χ4v) is 4.44. The summed E-state index contributed by atoms with van der Waals surface area (Å²) < 4.78 is 25.4. The highest BCUT2D eigenvalue weighted by Gasteiger charge is 2.30. The normalized spacial score (nSPS) is 14.6. The van der Waals surface area contributed by atoms with Gasteiger partial charge in [0.05, 0.1) is 18.7 Å². The molecule has 5 rings (SSSR count). The summed E-state index contributed by atoms with van der Waals surface area (Å²) in [7, 11) is 0. The van der Waals surface area contributed by atoms with Gasteiger partial charge in [0.2, 0.25) is 0 Å². The van der Waals surface area contributed by atoms with Crippen LogP contribution >= 0.6 is 0 Å². The van der Waals surface area contributed by atoms with E-state index in [2.05, 4.69) is 12.1 Å². The molecule has 162 valence electrons. The lowest BCUT2D eigenvalue weighted by Crippen LogP contribution is -2.33. The van der Waals surface area contributed by atoms with Crippen molar-refractivity contribution in [3.8, 4) is 16.9 Å². The third kappa shape index (κ3) is 3.45. The number of ether oxygens (including phenoxy) is 2. The second-order valence-corrected chi connectivity index (χ2v) is 7.83. The van der Waals surface area contributed by atoms with Crippen LogP contribution in [0.1, 0.15) is 33.0 Å². The highest BCUT2D eigenvalue weighted by molar-refractivity contribution is 5.88. The van der Waals surface area contributed by atoms with Gasteiger partial charge in [0.15, 0.2) is 11.6 Å². The van der Waals surface area contributed by atoms with Gasteiger partial charge in [0, 0.05) is 11.5 Å². The van der Waals surface area contributed by atoms with Crippen LogP contribution < -0.4 is 4.74 Å². The van der Waals surface area contributed by atoms with E-state index in [9.17, 15) is 19.1 Å². The molecular formula is C25H20FNO5. The smallest absolute Gasteiger partial charge is 0.410 e. The quantitative estimate of drug-likeness (QED) is 0.650. The summed E-state index contributed by atoms with van der Waals surface area (Å²) in [6.07, 6.45) is -0.551. The van der Waals surface area contributed by atoms with Crippen LogP contribution in [0.25, 0.3) is 11.1 Å². The molecule has 7 heteroatoms. The number of hydrogen-bond acceptors (Lipinski definition) is 4. The molecule has 6 nitrogen and oxygen atoms in total. The maximum absolute atomic E-state index is 14.3. The summed E-state index contributed by atoms with van der Waals surface area (Å²) in [4.78, 5) is 25.6. The molecule has 0 radical (unpaired) electrons. The number of rotatable bonds is 3. The second kappa shape index (κ2) is 8.00. The van der Waals surface area contributed by atoms with Crippen molar-refractivity contribution in [2.24, 2.45) is 0 Å². The molecule has 0 saturated carbocycles. The number of fused-ring (bicyclic) bond motifs is 4. The van der Waals surface area contributed by atoms with Crippen molar-refractivity contribution < 1.29 is 28.6 Å². The minimum absolute atomic E-state index is 0.00402. The molecule has 1 amide bonds. The molecule has 0 saturated heterocycles. The molecule has 1 N–H and O–H groups in total. The van der Waals surface area contributed by atoms with Crippen LogP contribution in [0.4, 0.5) is 9.18 Å². The fraction of sp³-hybridized carbons (Fsp3) is 0.200. The predicted octanol–water partition coefficient (Wildman–Crippen LogP) is 4.67. The van der Waals surface area contributed by atoms with Crippen molar-refractivity contribution in [2.45, 2.75) is 12.5 Å². The van der Waals surface area contributed by atoms with E-state index in [0.29, 0.717) is 5.56 Å². The Morgan fingerprint density at radius 1 is 1.06 bits per heavy atom. The first-order valence-corrected chi connectivity index (χ1v) is 10.3. The van der Waals surface area contributed by atoms with E-state index in [0.717, 1.165) is 28.3 Å². The lowest BCUT2D eigenvalue weighted by atomic mass is 9.98. The highest BCUT2D eigenvalue weighted by Crippen LogP contribution is 2.44. The number of aromatic carboxylic acids is 1. The van der Waals surface area contributed by atoms with Gasteiger partial charge >= 0.3 is 12.1 Å². The number of nitrogens with zero attached hydrogens (tertiary/aromatic N) is 1. The Morgan fingerprint density at radius 2 is 1.72 bits per heavy atom. The molecule has 0 spiro atoms. The standard InChI is InChI=1S/C25H20FNO5/c26-22-12-15(24(28)29)11-16-13-27(9-10-31-23(16)22)25(30)32-14-21-19-7-3-1-5-17(19)18-6-2-4-8-20(18)21/h1-8,11-12,21H,9-10,13-14H2,(H,28,29). The number of benzene rings is 3. The number of carbonyl (C=O) groups is 2. The van der Waals surface area contributed by atoms with Crippen molar-refractivity contribution in [2.75, 3.05) is 19.8 Å². The van der Waals surface area contributed by atoms with Crippen molar-refractivity contribution >= 4 is 12.1 Å². The average Bonchev–Trinajstić information content (AvgIpc) is 2.95. The van der Waals surface area contributed by atoms with Crippen molar-refractivity contribution in [1.82, 2.24) is 4.90 Å². The molecule has 0 unspecified atom stereocenters. The molecule has 3 aromatic rings. The molecular weight excluding hydrogens is 413 g/mol. The number of hydrogen-bond donors (Lipinski definition) is 1. The molecule has 2 aliphatic rings. The van der Waals surface area contributed by atoms with Crippen molar-refractivity contribution in [3.05, 3.63) is 88.7 Å². The maximum Gasteiger partial charge on any atom is 0.410 e. The molecule has 0 atom stereocenters. The molecule has 3 aromatic carbocycles. The first-order chi connectivity index (χ1) is 15.5. The second-order valence-electron chi connectivity index (χ2n) is 7.83. The minimum Gasteiger partial charge on any atom is -0.488 e. The van der Waals surface area contributed by atoms with E-state index in [4.69, 9.17) is 9.47 Å². The predicted molar refractivity (Wildman–Crippen MR) is 114 cm³/mol. The summed E-state index contributed by atoms with van der Waals surface area (Å²) in [6, 6.07) is 18.4. The highest BCUT2D eigenvalue weighted by atomic mass is 19.1. The van der Waals surface area contributed by atoms with Crippen LogP contribution in [-0.2, 0) is 11.3 Å². The van der Waals surface area contributed by atoms with E-state index < -0.39 is 17.9 Å². The Bertz CT molecular complexity index is 1180. The summed E-state index contributed by atoms with van der Waals surface area (Å²) >= 11 is 0. The summed E-state index contributed by atoms with van der Waals surface area (Å²) in [5, 5.41) is 9.21. The van der Waals surface area contributed by atoms with E-state index in [1.165, 1.54) is 11.0 Å². The lowest BCUT2D eigenvalue weighted by molar-refractivity contribution is 0.0696. The SMILES string of the molecule is O=C(O)c1cc(F)c2c(c1)CN(C(=O)OCC1c3ccccc3-c3ccccc31)CCO2. The molecule has 0 aromatic heterocycles. The Kier molecular flexibility index (Phi) is 5.01. The van der Waals surface area contributed by atoms with Crippen LogP contribution in [0.5, 0.6) is 5.75 Å². The van der Waals surface area contributed by atoms with Gasteiger partial charge < -0.3 is 19.5 Å². The van der Waals surface area contributed by atoms with Crippen LogP contribution in [0.2, 0.25) is 0 Å². The topological polar surface area (TPSA) is 76.1 Å². The summed E-state index contributed by atoms with van der Waals surface area (Å²) in [5.41, 5.74) is 4.60. The lowest BCUT2D eigenvalue weighted by Gasteiger charge is -2.21. The van der Waals surface area contributed by atoms with Gasteiger partial charge in [-0.1, -0.05) is 48.5 Å². The maximum atomic E-state index is 14.3. The van der Waals surface area contributed by atoms with Crippen molar-refractivity contribution in [1.29, 1.82) is 0 Å². The van der Waals surface area contributed by atoms with Gasteiger partial charge in [-0.25, -0.2) is 14.0 Å². The van der Waals surface area contributed by atoms with Crippen LogP contribution in [-0.4, -0.2) is 41.8 Å². The molecule has 1 heterocycles. The van der Waals surface area contributed by atoms with E-state index in [-0.39, 0.29) is 43.5 Å². The third-order valence-electron chi connectivity index (χ3n) is 5.93. The Balaban J connectivity index is 1.35. The van der Waals surface area contributed by atoms with Crippen LogP contribution in [0, 0.1) is 5.82 Å². The Labute approximate surface area is 183 Å². The van der Waals surface area contributed by atoms with Gasteiger partial charge in [-0.3, -0.25) is 0 Å². The number of halogens is 1. The van der Waals surface area contributed by atoms with Gasteiger partial charge in [-0.2, -0.15) is 0 Å². The largest absolute Gasteiger partial charge is 0.488 e.